The Bertz CT molecular complexity index is 277. The average Bonchev–Trinajstić information content (AvgIpc) is 2.37. The summed E-state index contributed by atoms with van der Waals surface area (Å²) in [4.78, 5) is 16.1. The van der Waals surface area contributed by atoms with Crippen LogP contribution in [0.3, 0.4) is 0 Å². The van der Waals surface area contributed by atoms with Crippen LogP contribution >= 0.6 is 0 Å². The number of urea groups is 1. The smallest absolute Gasteiger partial charge is 0.317 e. The summed E-state index contributed by atoms with van der Waals surface area (Å²) in [5.41, 5.74) is 0. The maximum absolute atomic E-state index is 12.0. The zero-order valence-corrected chi connectivity index (χ0v) is 11.5. The summed E-state index contributed by atoms with van der Waals surface area (Å²) in [6.45, 7) is 7.29. The third-order valence-corrected chi connectivity index (χ3v) is 3.89. The minimum atomic E-state index is 0.0683. The molecule has 0 aromatic heterocycles. The van der Waals surface area contributed by atoms with Gasteiger partial charge in [-0.3, -0.25) is 0 Å². The summed E-state index contributed by atoms with van der Waals surface area (Å²) in [5, 5.41) is 2.99. The molecule has 0 saturated carbocycles. The Kier molecular flexibility index (Phi) is 4.83. The number of hydrogen-bond acceptors (Lipinski definition) is 3. The maximum atomic E-state index is 12.0. The third kappa shape index (κ3) is 3.85. The second-order valence-electron chi connectivity index (χ2n) is 5.61. The lowest BCUT2D eigenvalue weighted by Crippen LogP contribution is -2.50. The first-order valence-electron chi connectivity index (χ1n) is 6.98. The van der Waals surface area contributed by atoms with Crippen LogP contribution in [0.1, 0.15) is 19.8 Å². The van der Waals surface area contributed by atoms with Crippen molar-refractivity contribution in [3.8, 4) is 0 Å². The van der Waals surface area contributed by atoms with E-state index in [0.29, 0.717) is 6.54 Å². The number of carbonyl (C=O) groups is 1. The van der Waals surface area contributed by atoms with E-state index in [0.717, 1.165) is 51.5 Å². The summed E-state index contributed by atoms with van der Waals surface area (Å²) in [7, 11) is 2.09. The molecule has 2 amide bonds. The van der Waals surface area contributed by atoms with Gasteiger partial charge in [0.2, 0.25) is 0 Å². The predicted molar refractivity (Wildman–Crippen MR) is 70.6 cm³/mol. The summed E-state index contributed by atoms with van der Waals surface area (Å²) >= 11 is 0. The van der Waals surface area contributed by atoms with Gasteiger partial charge in [-0.05, 0) is 25.8 Å². The molecule has 0 spiro atoms. The van der Waals surface area contributed by atoms with Crippen LogP contribution in [0.15, 0.2) is 0 Å². The molecule has 5 nitrogen and oxygen atoms in total. The van der Waals surface area contributed by atoms with Gasteiger partial charge >= 0.3 is 6.03 Å². The van der Waals surface area contributed by atoms with E-state index in [-0.39, 0.29) is 12.1 Å². The van der Waals surface area contributed by atoms with Gasteiger partial charge in [0.15, 0.2) is 0 Å². The van der Waals surface area contributed by atoms with Crippen molar-refractivity contribution < 1.29 is 9.53 Å². The first-order valence-corrected chi connectivity index (χ1v) is 6.98. The Morgan fingerprint density at radius 2 is 2.06 bits per heavy atom. The highest BCUT2D eigenvalue weighted by Crippen LogP contribution is 2.15. The second kappa shape index (κ2) is 6.38. The quantitative estimate of drug-likeness (QED) is 0.792. The number of likely N-dealkylation sites (tertiary alicyclic amines) is 1. The van der Waals surface area contributed by atoms with Gasteiger partial charge in [-0.25, -0.2) is 4.79 Å². The monoisotopic (exact) mass is 255 g/mol. The Hall–Kier alpha value is -0.810. The first kappa shape index (κ1) is 13.6. The fourth-order valence-electron chi connectivity index (χ4n) is 2.51. The van der Waals surface area contributed by atoms with Crippen LogP contribution in [0.5, 0.6) is 0 Å². The summed E-state index contributed by atoms with van der Waals surface area (Å²) in [5.74, 6) is 0.754. The van der Waals surface area contributed by atoms with Gasteiger partial charge in [0.1, 0.15) is 0 Å². The lowest BCUT2D eigenvalue weighted by molar-refractivity contribution is -0.0173. The Morgan fingerprint density at radius 3 is 2.72 bits per heavy atom. The highest BCUT2D eigenvalue weighted by molar-refractivity contribution is 5.74. The molecule has 0 aromatic rings. The number of likely N-dealkylation sites (N-methyl/N-ethyl adjacent to an activating group) is 1. The van der Waals surface area contributed by atoms with Gasteiger partial charge in [0.05, 0.1) is 12.7 Å². The van der Waals surface area contributed by atoms with Crippen molar-refractivity contribution in [1.82, 2.24) is 15.1 Å². The van der Waals surface area contributed by atoms with E-state index in [2.05, 4.69) is 24.2 Å². The van der Waals surface area contributed by atoms with Gasteiger partial charge in [0, 0.05) is 32.7 Å². The topological polar surface area (TPSA) is 44.8 Å². The number of hydrogen-bond donors (Lipinski definition) is 1. The van der Waals surface area contributed by atoms with Crippen molar-refractivity contribution in [2.24, 2.45) is 5.92 Å². The molecule has 2 aliphatic rings. The third-order valence-electron chi connectivity index (χ3n) is 3.89. The number of nitrogens with zero attached hydrogens (tertiary/aromatic N) is 2. The Morgan fingerprint density at radius 1 is 1.33 bits per heavy atom. The van der Waals surface area contributed by atoms with Gasteiger partial charge in [0.25, 0.3) is 0 Å². The zero-order chi connectivity index (χ0) is 13.0. The van der Waals surface area contributed by atoms with Gasteiger partial charge in [-0.15, -0.1) is 0 Å². The lowest BCUT2D eigenvalue weighted by atomic mass is 10.00. The second-order valence-corrected chi connectivity index (χ2v) is 5.61. The largest absolute Gasteiger partial charge is 0.374 e. The van der Waals surface area contributed by atoms with Gasteiger partial charge < -0.3 is 19.9 Å². The summed E-state index contributed by atoms with van der Waals surface area (Å²) in [6.07, 6.45) is 2.38. The molecular weight excluding hydrogens is 230 g/mol. The van der Waals surface area contributed by atoms with Crippen molar-refractivity contribution >= 4 is 6.03 Å². The number of carbonyl (C=O) groups excluding carboxylic acids is 1. The van der Waals surface area contributed by atoms with Crippen LogP contribution in [-0.4, -0.2) is 68.3 Å². The molecule has 18 heavy (non-hydrogen) atoms. The number of piperidine rings is 1. The molecule has 2 heterocycles. The minimum absolute atomic E-state index is 0.0683. The summed E-state index contributed by atoms with van der Waals surface area (Å²) in [6, 6.07) is 0.0683. The molecule has 5 heteroatoms. The molecule has 1 unspecified atom stereocenters. The van der Waals surface area contributed by atoms with E-state index in [9.17, 15) is 4.79 Å². The number of rotatable bonds is 2. The number of nitrogens with one attached hydrogen (secondary N) is 1. The summed E-state index contributed by atoms with van der Waals surface area (Å²) < 4.78 is 5.63. The van der Waals surface area contributed by atoms with Crippen molar-refractivity contribution in [3.05, 3.63) is 0 Å². The maximum Gasteiger partial charge on any atom is 0.317 e. The number of ether oxygens (including phenoxy) is 1. The van der Waals surface area contributed by atoms with Crippen LogP contribution in [0, 0.1) is 5.92 Å². The standard InChI is InChI=1S/C13H25N3O2/c1-11-3-5-16(6-4-11)13(17)14-9-12-10-15(2)7-8-18-12/h11-12H,3-10H2,1-2H3,(H,14,17). The molecule has 0 radical (unpaired) electrons. The van der Waals surface area contributed by atoms with E-state index in [1.54, 1.807) is 0 Å². The lowest BCUT2D eigenvalue weighted by Gasteiger charge is -2.33. The zero-order valence-electron chi connectivity index (χ0n) is 11.5. The minimum Gasteiger partial charge on any atom is -0.374 e. The average molecular weight is 255 g/mol. The van der Waals surface area contributed by atoms with Gasteiger partial charge in [-0.1, -0.05) is 6.92 Å². The van der Waals surface area contributed by atoms with E-state index in [1.807, 2.05) is 4.90 Å². The molecule has 2 saturated heterocycles. The van der Waals surface area contributed by atoms with Gasteiger partial charge in [-0.2, -0.15) is 0 Å². The normalized spacial score (nSPS) is 27.2. The number of morpholine rings is 1. The predicted octanol–water partition coefficient (Wildman–Crippen LogP) is 0.759. The highest BCUT2D eigenvalue weighted by atomic mass is 16.5. The van der Waals surface area contributed by atoms with E-state index >= 15 is 0 Å². The van der Waals surface area contributed by atoms with Crippen LogP contribution in [0.4, 0.5) is 4.79 Å². The van der Waals surface area contributed by atoms with Crippen molar-refractivity contribution in [1.29, 1.82) is 0 Å². The molecule has 1 atom stereocenters. The van der Waals surface area contributed by atoms with E-state index in [1.165, 1.54) is 0 Å². The molecule has 2 aliphatic heterocycles. The van der Waals surface area contributed by atoms with Crippen molar-refractivity contribution in [3.63, 3.8) is 0 Å². The highest BCUT2D eigenvalue weighted by Gasteiger charge is 2.22. The molecule has 2 fully saturated rings. The molecule has 0 aromatic carbocycles. The molecule has 0 aliphatic carbocycles. The van der Waals surface area contributed by atoms with E-state index in [4.69, 9.17) is 4.74 Å². The Balaban J connectivity index is 1.68. The van der Waals surface area contributed by atoms with Crippen LogP contribution in [0.2, 0.25) is 0 Å². The molecule has 104 valence electrons. The molecular formula is C13H25N3O2. The Labute approximate surface area is 109 Å². The van der Waals surface area contributed by atoms with Crippen LogP contribution in [0.25, 0.3) is 0 Å². The van der Waals surface area contributed by atoms with E-state index < -0.39 is 0 Å². The first-order chi connectivity index (χ1) is 8.65. The molecule has 1 N–H and O–H groups in total. The van der Waals surface area contributed by atoms with Crippen molar-refractivity contribution in [2.75, 3.05) is 46.4 Å². The van der Waals surface area contributed by atoms with Crippen LogP contribution < -0.4 is 5.32 Å². The number of amides is 2. The SMILES string of the molecule is CC1CCN(C(=O)NCC2CN(C)CCO2)CC1. The van der Waals surface area contributed by atoms with Crippen molar-refractivity contribution in [2.45, 2.75) is 25.9 Å². The molecule has 2 rings (SSSR count). The molecule has 0 bridgehead atoms. The van der Waals surface area contributed by atoms with Crippen LogP contribution in [-0.2, 0) is 4.74 Å². The fraction of sp³-hybridized carbons (Fsp3) is 0.923. The fourth-order valence-corrected chi connectivity index (χ4v) is 2.51.